The van der Waals surface area contributed by atoms with Crippen molar-refractivity contribution in [3.05, 3.63) is 23.8 Å². The Kier molecular flexibility index (Phi) is 3.78. The number of aliphatic hydroxyl groups excluding tert-OH is 1. The summed E-state index contributed by atoms with van der Waals surface area (Å²) < 4.78 is 5.04. The number of methoxy groups -OCH3 is 1. The normalized spacial score (nSPS) is 18.4. The average molecular weight is 251 g/mol. The number of hydrogen-bond donors (Lipinski definition) is 3. The third kappa shape index (κ3) is 2.76. The molecule has 3 N–H and O–H groups in total. The van der Waals surface area contributed by atoms with E-state index in [1.165, 1.54) is 12.8 Å². The summed E-state index contributed by atoms with van der Waals surface area (Å²) in [6, 6.07) is 5.26. The summed E-state index contributed by atoms with van der Waals surface area (Å²) in [4.78, 5) is 0. The second kappa shape index (κ2) is 5.16. The van der Waals surface area contributed by atoms with Gasteiger partial charge in [-0.2, -0.15) is 0 Å². The van der Waals surface area contributed by atoms with E-state index in [0.29, 0.717) is 18.2 Å². The van der Waals surface area contributed by atoms with Gasteiger partial charge in [-0.3, -0.25) is 0 Å². The van der Waals surface area contributed by atoms with Crippen molar-refractivity contribution in [2.24, 2.45) is 5.92 Å². The lowest BCUT2D eigenvalue weighted by molar-refractivity contribution is 0.153. The molecule has 0 radical (unpaired) electrons. The predicted octanol–water partition coefficient (Wildman–Crippen LogP) is 1.65. The fourth-order valence-corrected chi connectivity index (χ4v) is 2.17. The van der Waals surface area contributed by atoms with Crippen LogP contribution in [0.5, 0.6) is 11.5 Å². The minimum atomic E-state index is -0.244. The lowest BCUT2D eigenvalue weighted by Gasteiger charge is -2.29. The molecule has 0 spiro atoms. The van der Waals surface area contributed by atoms with E-state index in [2.05, 4.69) is 5.32 Å². The van der Waals surface area contributed by atoms with Gasteiger partial charge in [-0.15, -0.1) is 0 Å². The van der Waals surface area contributed by atoms with Gasteiger partial charge in [0.2, 0.25) is 0 Å². The fraction of sp³-hybridized carbons (Fsp3) is 0.571. The van der Waals surface area contributed by atoms with Crippen LogP contribution in [0.3, 0.4) is 0 Å². The lowest BCUT2D eigenvalue weighted by Crippen LogP contribution is -2.47. The minimum Gasteiger partial charge on any atom is -0.507 e. The number of phenolic OH excluding ortho intramolecular Hbond substituents is 1. The molecule has 1 atom stereocenters. The summed E-state index contributed by atoms with van der Waals surface area (Å²) in [5, 5.41) is 22.7. The molecule has 0 amide bonds. The number of nitrogens with one attached hydrogen (secondary N) is 1. The highest BCUT2D eigenvalue weighted by Crippen LogP contribution is 2.39. The molecule has 2 rings (SSSR count). The molecule has 4 nitrogen and oxygen atoms in total. The van der Waals surface area contributed by atoms with Gasteiger partial charge in [-0.05, 0) is 31.7 Å². The number of benzene rings is 1. The molecule has 1 aromatic carbocycles. The molecule has 4 heteroatoms. The molecule has 1 saturated carbocycles. The number of phenols is 1. The van der Waals surface area contributed by atoms with Crippen molar-refractivity contribution in [3.63, 3.8) is 0 Å². The molecule has 0 saturated heterocycles. The first-order valence-corrected chi connectivity index (χ1v) is 6.31. The predicted molar refractivity (Wildman–Crippen MR) is 69.7 cm³/mol. The van der Waals surface area contributed by atoms with E-state index in [0.717, 1.165) is 5.56 Å². The number of ether oxygens (including phenoxy) is 1. The van der Waals surface area contributed by atoms with Crippen LogP contribution in [0.2, 0.25) is 0 Å². The minimum absolute atomic E-state index is 0.120. The Balaban J connectivity index is 2.01. The third-order valence-electron chi connectivity index (χ3n) is 3.78. The zero-order chi connectivity index (χ0) is 13.2. The van der Waals surface area contributed by atoms with Gasteiger partial charge < -0.3 is 20.3 Å². The van der Waals surface area contributed by atoms with Gasteiger partial charge in [-0.25, -0.2) is 0 Å². The largest absolute Gasteiger partial charge is 0.507 e. The molecule has 0 bridgehead atoms. The summed E-state index contributed by atoms with van der Waals surface area (Å²) in [5.74, 6) is 1.41. The molecular weight excluding hydrogens is 230 g/mol. The number of hydrogen-bond acceptors (Lipinski definition) is 4. The third-order valence-corrected chi connectivity index (χ3v) is 3.78. The van der Waals surface area contributed by atoms with E-state index in [1.54, 1.807) is 13.2 Å². The Morgan fingerprint density at radius 2 is 2.17 bits per heavy atom. The van der Waals surface area contributed by atoms with E-state index in [9.17, 15) is 10.2 Å². The summed E-state index contributed by atoms with van der Waals surface area (Å²) in [6.07, 6.45) is 2.33. The van der Waals surface area contributed by atoms with Gasteiger partial charge in [0.1, 0.15) is 11.5 Å². The maximum Gasteiger partial charge on any atom is 0.123 e. The second-order valence-corrected chi connectivity index (χ2v) is 5.20. The van der Waals surface area contributed by atoms with Crippen LogP contribution < -0.4 is 10.1 Å². The summed E-state index contributed by atoms with van der Waals surface area (Å²) in [6.45, 7) is 2.70. The summed E-state index contributed by atoms with van der Waals surface area (Å²) in [7, 11) is 1.57. The van der Waals surface area contributed by atoms with E-state index in [4.69, 9.17) is 4.74 Å². The van der Waals surface area contributed by atoms with Crippen LogP contribution in [-0.4, -0.2) is 29.5 Å². The average Bonchev–Trinajstić information content (AvgIpc) is 3.21. The van der Waals surface area contributed by atoms with Gasteiger partial charge in [-0.1, -0.05) is 6.07 Å². The summed E-state index contributed by atoms with van der Waals surface area (Å²) >= 11 is 0. The van der Waals surface area contributed by atoms with Crippen molar-refractivity contribution < 1.29 is 14.9 Å². The van der Waals surface area contributed by atoms with Gasteiger partial charge >= 0.3 is 0 Å². The molecule has 1 aliphatic carbocycles. The molecule has 1 aliphatic rings. The van der Waals surface area contributed by atoms with Gasteiger partial charge in [0, 0.05) is 23.7 Å². The zero-order valence-corrected chi connectivity index (χ0v) is 10.9. The molecule has 0 heterocycles. The Morgan fingerprint density at radius 1 is 1.44 bits per heavy atom. The molecule has 100 valence electrons. The van der Waals surface area contributed by atoms with Crippen molar-refractivity contribution >= 4 is 0 Å². The van der Waals surface area contributed by atoms with E-state index < -0.39 is 0 Å². The van der Waals surface area contributed by atoms with Crippen molar-refractivity contribution in [1.82, 2.24) is 5.32 Å². The van der Waals surface area contributed by atoms with Crippen molar-refractivity contribution in [3.8, 4) is 11.5 Å². The van der Waals surface area contributed by atoms with Gasteiger partial charge in [0.05, 0.1) is 13.7 Å². The Hall–Kier alpha value is -1.26. The summed E-state index contributed by atoms with van der Waals surface area (Å²) in [5.41, 5.74) is 0.572. The molecule has 0 aliphatic heterocycles. The van der Waals surface area contributed by atoms with Crippen LogP contribution in [0.1, 0.15) is 25.3 Å². The second-order valence-electron chi connectivity index (χ2n) is 5.20. The van der Waals surface area contributed by atoms with Crippen LogP contribution in [0.4, 0.5) is 0 Å². The smallest absolute Gasteiger partial charge is 0.123 e. The molecule has 1 unspecified atom stereocenters. The Morgan fingerprint density at radius 3 is 2.67 bits per heavy atom. The number of rotatable bonds is 6. The van der Waals surface area contributed by atoms with Crippen LogP contribution in [0.25, 0.3) is 0 Å². The highest BCUT2D eigenvalue weighted by molar-refractivity contribution is 5.39. The quantitative estimate of drug-likeness (QED) is 0.719. The first-order valence-electron chi connectivity index (χ1n) is 6.31. The molecule has 0 aromatic heterocycles. The molecule has 1 aromatic rings. The fourth-order valence-electron chi connectivity index (χ4n) is 2.17. The lowest BCUT2D eigenvalue weighted by atomic mass is 9.96. The SMILES string of the molecule is COc1ccc(CNC(C)(CO)C2CC2)c(O)c1. The Bertz CT molecular complexity index is 418. The first-order chi connectivity index (χ1) is 8.59. The van der Waals surface area contributed by atoms with Gasteiger partial charge in [0.25, 0.3) is 0 Å². The maximum atomic E-state index is 9.86. The molecule has 18 heavy (non-hydrogen) atoms. The standard InChI is InChI=1S/C14H21NO3/c1-14(9-16,11-4-5-11)15-8-10-3-6-12(18-2)7-13(10)17/h3,6-7,11,15-17H,4-5,8-9H2,1-2H3. The van der Waals surface area contributed by atoms with E-state index in [1.807, 2.05) is 19.1 Å². The van der Waals surface area contributed by atoms with Crippen LogP contribution in [-0.2, 0) is 6.54 Å². The molecule has 1 fully saturated rings. The highest BCUT2D eigenvalue weighted by atomic mass is 16.5. The van der Waals surface area contributed by atoms with Crippen molar-refractivity contribution in [2.75, 3.05) is 13.7 Å². The zero-order valence-electron chi connectivity index (χ0n) is 10.9. The monoisotopic (exact) mass is 251 g/mol. The van der Waals surface area contributed by atoms with E-state index >= 15 is 0 Å². The van der Waals surface area contributed by atoms with Crippen LogP contribution in [0, 0.1) is 5.92 Å². The topological polar surface area (TPSA) is 61.7 Å². The highest BCUT2D eigenvalue weighted by Gasteiger charge is 2.40. The van der Waals surface area contributed by atoms with Crippen LogP contribution in [0.15, 0.2) is 18.2 Å². The maximum absolute atomic E-state index is 9.86. The van der Waals surface area contributed by atoms with Crippen molar-refractivity contribution in [1.29, 1.82) is 0 Å². The molecular formula is C14H21NO3. The first kappa shape index (κ1) is 13.2. The Labute approximate surface area is 108 Å². The van der Waals surface area contributed by atoms with Gasteiger partial charge in [0.15, 0.2) is 0 Å². The number of aliphatic hydroxyl groups is 1. The number of aromatic hydroxyl groups is 1. The van der Waals surface area contributed by atoms with E-state index in [-0.39, 0.29) is 17.9 Å². The van der Waals surface area contributed by atoms with Crippen molar-refractivity contribution in [2.45, 2.75) is 31.8 Å². The van der Waals surface area contributed by atoms with Crippen LogP contribution >= 0.6 is 0 Å².